The predicted molar refractivity (Wildman–Crippen MR) is 133 cm³/mol. The first-order valence-corrected chi connectivity index (χ1v) is 12.1. The summed E-state index contributed by atoms with van der Waals surface area (Å²) in [5, 5.41) is 6.15. The third kappa shape index (κ3) is 4.59. The van der Waals surface area contributed by atoms with Crippen LogP contribution in [0.4, 0.5) is 0 Å². The maximum absolute atomic E-state index is 13.5. The number of benzene rings is 2. The molecule has 170 valence electrons. The predicted octanol–water partition coefficient (Wildman–Crippen LogP) is 4.34. The molecule has 1 amide bonds. The lowest BCUT2D eigenvalue weighted by Gasteiger charge is -2.27. The normalized spacial score (nSPS) is 16.0. The lowest BCUT2D eigenvalue weighted by Crippen LogP contribution is -2.35. The first kappa shape index (κ1) is 22.2. The van der Waals surface area contributed by atoms with Crippen LogP contribution in [0.5, 0.6) is 0 Å². The third-order valence-corrected chi connectivity index (χ3v) is 7.26. The van der Waals surface area contributed by atoms with Gasteiger partial charge in [-0.25, -0.2) is 0 Å². The van der Waals surface area contributed by atoms with Crippen LogP contribution in [0.15, 0.2) is 57.7 Å². The average Bonchev–Trinajstić information content (AvgIpc) is 2.82. The summed E-state index contributed by atoms with van der Waals surface area (Å²) in [5.41, 5.74) is 3.73. The molecule has 6 nitrogen and oxygen atoms in total. The number of carbonyl (C=O) groups is 1. The molecule has 0 spiro atoms. The van der Waals surface area contributed by atoms with E-state index in [0.29, 0.717) is 17.0 Å². The van der Waals surface area contributed by atoms with Crippen molar-refractivity contribution in [2.75, 3.05) is 26.3 Å². The van der Waals surface area contributed by atoms with Crippen molar-refractivity contribution >= 4 is 45.9 Å². The number of halogens is 1. The molecule has 0 atom stereocenters. The van der Waals surface area contributed by atoms with Crippen LogP contribution in [0.25, 0.3) is 16.6 Å². The lowest BCUT2D eigenvalue weighted by molar-refractivity contribution is 0.0342. The highest BCUT2D eigenvalue weighted by molar-refractivity contribution is 8.02. The molecular weight excluding hydrogens is 458 g/mol. The highest BCUT2D eigenvalue weighted by Gasteiger charge is 2.22. The van der Waals surface area contributed by atoms with E-state index in [-0.39, 0.29) is 16.9 Å². The van der Waals surface area contributed by atoms with Crippen LogP contribution in [-0.2, 0) is 17.8 Å². The summed E-state index contributed by atoms with van der Waals surface area (Å²) in [6.07, 6.45) is 1.67. The van der Waals surface area contributed by atoms with Gasteiger partial charge in [-0.2, -0.15) is 0 Å². The second-order valence-electron chi connectivity index (χ2n) is 8.31. The molecule has 1 fully saturated rings. The van der Waals surface area contributed by atoms with Gasteiger partial charge in [-0.15, -0.1) is 0 Å². The summed E-state index contributed by atoms with van der Waals surface area (Å²) in [7, 11) is 0. The molecule has 0 aliphatic carbocycles. The van der Waals surface area contributed by atoms with E-state index in [2.05, 4.69) is 21.7 Å². The number of aromatic nitrogens is 1. The molecular formula is C25H24ClN3O3S. The van der Waals surface area contributed by atoms with Gasteiger partial charge in [0.1, 0.15) is 5.56 Å². The minimum atomic E-state index is -0.383. The van der Waals surface area contributed by atoms with Gasteiger partial charge in [0, 0.05) is 53.4 Å². The molecule has 8 heteroatoms. The zero-order valence-electron chi connectivity index (χ0n) is 18.3. The van der Waals surface area contributed by atoms with Gasteiger partial charge >= 0.3 is 0 Å². The Morgan fingerprint density at radius 3 is 2.67 bits per heavy atom. The Balaban J connectivity index is 1.50. The maximum Gasteiger partial charge on any atom is 0.257 e. The van der Waals surface area contributed by atoms with Crippen LogP contribution in [0.2, 0.25) is 5.02 Å². The number of morpholine rings is 1. The van der Waals surface area contributed by atoms with Crippen molar-refractivity contribution in [1.29, 1.82) is 0 Å². The van der Waals surface area contributed by atoms with Crippen LogP contribution in [0.1, 0.15) is 28.4 Å². The number of nitrogens with zero attached hydrogens (tertiary/aromatic N) is 2. The fourth-order valence-corrected chi connectivity index (χ4v) is 5.28. The zero-order chi connectivity index (χ0) is 22.9. The molecule has 2 aliphatic heterocycles. The first-order chi connectivity index (χ1) is 16.0. The van der Waals surface area contributed by atoms with E-state index in [0.717, 1.165) is 60.1 Å². The van der Waals surface area contributed by atoms with Gasteiger partial charge in [-0.05, 0) is 47.7 Å². The number of rotatable bonds is 5. The van der Waals surface area contributed by atoms with Crippen molar-refractivity contribution < 1.29 is 9.53 Å². The number of pyridine rings is 1. The Bertz CT molecular complexity index is 1310. The van der Waals surface area contributed by atoms with Crippen molar-refractivity contribution in [3.05, 3.63) is 79.9 Å². The third-order valence-electron chi connectivity index (χ3n) is 5.98. The van der Waals surface area contributed by atoms with Crippen LogP contribution < -0.4 is 10.7 Å². The van der Waals surface area contributed by atoms with Crippen LogP contribution in [0, 0.1) is 0 Å². The summed E-state index contributed by atoms with van der Waals surface area (Å²) in [5.74, 6) is -0.383. The van der Waals surface area contributed by atoms with Gasteiger partial charge in [0.2, 0.25) is 5.43 Å². The van der Waals surface area contributed by atoms with Crippen molar-refractivity contribution in [3.8, 4) is 0 Å². The van der Waals surface area contributed by atoms with Gasteiger partial charge in [0.05, 0.1) is 18.7 Å². The quantitative estimate of drug-likeness (QED) is 0.587. The number of carbonyl (C=O) groups excluding carboxylic acids is 1. The molecule has 1 saturated heterocycles. The van der Waals surface area contributed by atoms with Gasteiger partial charge in [0.15, 0.2) is 0 Å². The number of allylic oxidation sites excluding steroid dienone is 1. The van der Waals surface area contributed by atoms with E-state index in [9.17, 15) is 9.59 Å². The summed E-state index contributed by atoms with van der Waals surface area (Å²) in [4.78, 5) is 29.9. The fraction of sp³-hybridized carbons (Fsp3) is 0.280. The van der Waals surface area contributed by atoms with Crippen molar-refractivity contribution in [1.82, 2.24) is 14.8 Å². The minimum absolute atomic E-state index is 0.144. The summed E-state index contributed by atoms with van der Waals surface area (Å²) < 4.78 is 7.41. The van der Waals surface area contributed by atoms with Crippen LogP contribution in [-0.4, -0.2) is 41.7 Å². The van der Waals surface area contributed by atoms with Crippen LogP contribution in [0.3, 0.4) is 0 Å². The zero-order valence-corrected chi connectivity index (χ0v) is 19.8. The molecule has 2 aromatic carbocycles. The van der Waals surface area contributed by atoms with Crippen LogP contribution >= 0.6 is 23.4 Å². The highest BCUT2D eigenvalue weighted by atomic mass is 35.5. The number of amides is 1. The monoisotopic (exact) mass is 481 g/mol. The summed E-state index contributed by atoms with van der Waals surface area (Å²) >= 11 is 7.56. The average molecular weight is 482 g/mol. The standard InChI is InChI=1S/C25H24ClN3O3S/c1-16-15-33-22-11-18(13-28-6-8-32-9-7-28)10-20-23(22)29(16)14-21(24(20)30)25(31)27-12-17-2-4-19(26)5-3-17/h2-5,10-11,14-15H,6-9,12-13H2,1H3,(H,27,31). The molecule has 33 heavy (non-hydrogen) atoms. The van der Waals surface area contributed by atoms with Gasteiger partial charge in [-0.3, -0.25) is 14.5 Å². The Kier molecular flexibility index (Phi) is 6.29. The fourth-order valence-electron chi connectivity index (χ4n) is 4.21. The number of ether oxygens (including phenoxy) is 1. The maximum atomic E-state index is 13.5. The lowest BCUT2D eigenvalue weighted by atomic mass is 10.1. The van der Waals surface area contributed by atoms with E-state index in [1.165, 1.54) is 0 Å². The van der Waals surface area contributed by atoms with Gasteiger partial charge in [-0.1, -0.05) is 35.5 Å². The molecule has 0 radical (unpaired) electrons. The molecule has 0 saturated carbocycles. The van der Waals surface area contributed by atoms with Crippen molar-refractivity contribution in [2.45, 2.75) is 24.9 Å². The molecule has 2 aliphatic rings. The molecule has 0 unspecified atom stereocenters. The highest BCUT2D eigenvalue weighted by Crippen LogP contribution is 2.36. The summed E-state index contributed by atoms with van der Waals surface area (Å²) in [6.45, 7) is 6.25. The molecule has 3 aromatic rings. The van der Waals surface area contributed by atoms with E-state index in [4.69, 9.17) is 16.3 Å². The number of hydrogen-bond donors (Lipinski definition) is 1. The Hall–Kier alpha value is -2.58. The molecule has 5 rings (SSSR count). The number of thioether (sulfide) groups is 1. The van der Waals surface area contributed by atoms with E-state index in [1.807, 2.05) is 29.7 Å². The second kappa shape index (κ2) is 9.35. The molecule has 1 aromatic heterocycles. The van der Waals surface area contributed by atoms with Gasteiger partial charge in [0.25, 0.3) is 5.91 Å². The number of nitrogens with one attached hydrogen (secondary N) is 1. The Labute approximate surface area is 201 Å². The second-order valence-corrected chi connectivity index (χ2v) is 9.65. The minimum Gasteiger partial charge on any atom is -0.379 e. The number of hydrogen-bond acceptors (Lipinski definition) is 5. The van der Waals surface area contributed by atoms with Crippen molar-refractivity contribution in [2.24, 2.45) is 0 Å². The van der Waals surface area contributed by atoms with E-state index in [1.54, 1.807) is 30.1 Å². The summed E-state index contributed by atoms with van der Waals surface area (Å²) in [6, 6.07) is 11.4. The smallest absolute Gasteiger partial charge is 0.257 e. The van der Waals surface area contributed by atoms with E-state index < -0.39 is 0 Å². The molecule has 1 N–H and O–H groups in total. The molecule has 3 heterocycles. The van der Waals surface area contributed by atoms with E-state index >= 15 is 0 Å². The van der Waals surface area contributed by atoms with Gasteiger partial charge < -0.3 is 14.6 Å². The molecule has 0 bridgehead atoms. The topological polar surface area (TPSA) is 63.6 Å². The first-order valence-electron chi connectivity index (χ1n) is 10.9. The van der Waals surface area contributed by atoms with Crippen molar-refractivity contribution in [3.63, 3.8) is 0 Å². The largest absolute Gasteiger partial charge is 0.379 e. The SMILES string of the molecule is CC1=CSc2cc(CN3CCOCC3)cc3c(=O)c(C(=O)NCc4ccc(Cl)cc4)cn1c23. The Morgan fingerprint density at radius 2 is 1.91 bits per heavy atom. The Morgan fingerprint density at radius 1 is 1.15 bits per heavy atom.